The van der Waals surface area contributed by atoms with Crippen molar-refractivity contribution in [3.05, 3.63) is 10.1 Å². The van der Waals surface area contributed by atoms with Crippen LogP contribution in [0.5, 0.6) is 0 Å². The maximum Gasteiger partial charge on any atom is 0.295 e. The molecule has 0 aromatic carbocycles. The second kappa shape index (κ2) is 3.14. The first-order valence-corrected chi connectivity index (χ1v) is 5.67. The van der Waals surface area contributed by atoms with Crippen molar-refractivity contribution in [1.29, 1.82) is 0 Å². The Morgan fingerprint density at radius 2 is 1.80 bits per heavy atom. The zero-order chi connectivity index (χ0) is 11.6. The van der Waals surface area contributed by atoms with Gasteiger partial charge in [-0.1, -0.05) is 23.2 Å². The second-order valence-electron chi connectivity index (χ2n) is 3.80. The summed E-state index contributed by atoms with van der Waals surface area (Å²) < 4.78 is 27.8. The third-order valence-electron chi connectivity index (χ3n) is 3.13. The second-order valence-corrected chi connectivity index (χ2v) is 5.80. The maximum atomic E-state index is 13.9. The summed E-state index contributed by atoms with van der Waals surface area (Å²) in [5, 5.41) is 8.34. The topological polar surface area (TPSA) is 20.2 Å². The van der Waals surface area contributed by atoms with Crippen LogP contribution >= 0.6 is 46.4 Å². The van der Waals surface area contributed by atoms with Crippen LogP contribution in [-0.4, -0.2) is 27.4 Å². The van der Waals surface area contributed by atoms with E-state index in [0.717, 1.165) is 0 Å². The molecule has 0 aromatic heterocycles. The van der Waals surface area contributed by atoms with E-state index < -0.39 is 28.2 Å². The van der Waals surface area contributed by atoms with Crippen LogP contribution in [0, 0.1) is 5.92 Å². The molecule has 2 aliphatic rings. The molecule has 15 heavy (non-hydrogen) atoms. The highest BCUT2D eigenvalue weighted by Gasteiger charge is 2.81. The number of halogens is 6. The number of fused-ring (bicyclic) bond motifs is 2. The number of hydrogen-bond acceptors (Lipinski definition) is 1. The van der Waals surface area contributed by atoms with Crippen molar-refractivity contribution in [2.75, 3.05) is 6.61 Å². The molecule has 0 saturated heterocycles. The summed E-state index contributed by atoms with van der Waals surface area (Å²) in [6, 6.07) is 0. The van der Waals surface area contributed by atoms with Gasteiger partial charge in [0, 0.05) is 12.5 Å². The quantitative estimate of drug-likeness (QED) is 0.736. The molecule has 1 nitrogen and oxygen atoms in total. The van der Waals surface area contributed by atoms with Crippen LogP contribution in [0.15, 0.2) is 10.1 Å². The minimum Gasteiger partial charge on any atom is -0.396 e. The lowest BCUT2D eigenvalue weighted by Crippen LogP contribution is -2.46. The molecule has 0 radical (unpaired) electrons. The van der Waals surface area contributed by atoms with Gasteiger partial charge in [0.15, 0.2) is 4.87 Å². The molecule has 1 fully saturated rings. The van der Waals surface area contributed by atoms with Crippen LogP contribution in [-0.2, 0) is 0 Å². The highest BCUT2D eigenvalue weighted by Crippen LogP contribution is 2.72. The summed E-state index contributed by atoms with van der Waals surface area (Å²) in [5.74, 6) is -4.34. The van der Waals surface area contributed by atoms with E-state index in [2.05, 4.69) is 0 Å². The van der Waals surface area contributed by atoms with Gasteiger partial charge in [0.25, 0.3) is 5.92 Å². The van der Waals surface area contributed by atoms with Gasteiger partial charge in [0.2, 0.25) is 0 Å². The summed E-state index contributed by atoms with van der Waals surface area (Å²) >= 11 is 23.0. The highest BCUT2D eigenvalue weighted by atomic mass is 35.5. The van der Waals surface area contributed by atoms with Crippen molar-refractivity contribution in [2.24, 2.45) is 5.92 Å². The molecule has 3 atom stereocenters. The van der Waals surface area contributed by atoms with E-state index in [-0.39, 0.29) is 16.5 Å². The average Bonchev–Trinajstić information content (AvgIpc) is 2.39. The average molecular weight is 298 g/mol. The van der Waals surface area contributed by atoms with Gasteiger partial charge in [0.05, 0.1) is 10.1 Å². The molecular weight excluding hydrogens is 292 g/mol. The predicted molar refractivity (Wildman–Crippen MR) is 56.0 cm³/mol. The van der Waals surface area contributed by atoms with Crippen LogP contribution in [0.25, 0.3) is 0 Å². The van der Waals surface area contributed by atoms with Gasteiger partial charge < -0.3 is 5.11 Å². The number of allylic oxidation sites excluding steroid dienone is 2. The van der Waals surface area contributed by atoms with Crippen molar-refractivity contribution < 1.29 is 13.9 Å². The monoisotopic (exact) mass is 296 g/mol. The van der Waals surface area contributed by atoms with Gasteiger partial charge >= 0.3 is 0 Å². The van der Waals surface area contributed by atoms with Crippen molar-refractivity contribution >= 4 is 46.4 Å². The van der Waals surface area contributed by atoms with Crippen LogP contribution in [0.3, 0.4) is 0 Å². The molecule has 0 aromatic rings. The zero-order valence-corrected chi connectivity index (χ0v) is 10.2. The van der Waals surface area contributed by atoms with Gasteiger partial charge in [-0.05, 0) is 6.42 Å². The van der Waals surface area contributed by atoms with Crippen molar-refractivity contribution in [3.8, 4) is 0 Å². The van der Waals surface area contributed by atoms with Crippen molar-refractivity contribution in [1.82, 2.24) is 0 Å². The Morgan fingerprint density at radius 1 is 1.27 bits per heavy atom. The lowest BCUT2D eigenvalue weighted by Gasteiger charge is -2.29. The van der Waals surface area contributed by atoms with Crippen molar-refractivity contribution in [2.45, 2.75) is 22.1 Å². The van der Waals surface area contributed by atoms with E-state index in [1.807, 2.05) is 0 Å². The van der Waals surface area contributed by atoms with E-state index in [4.69, 9.17) is 51.5 Å². The number of alkyl halides is 4. The molecule has 2 rings (SSSR count). The Bertz CT molecular complexity index is 359. The minimum absolute atomic E-state index is 0.184. The normalized spacial score (nSPS) is 47.8. The number of rotatable bonds is 1. The predicted octanol–water partition coefficient (Wildman–Crippen LogP) is 3.29. The van der Waals surface area contributed by atoms with Crippen LogP contribution in [0.1, 0.15) is 6.42 Å². The first-order chi connectivity index (χ1) is 6.73. The van der Waals surface area contributed by atoms with E-state index >= 15 is 0 Å². The van der Waals surface area contributed by atoms with Gasteiger partial charge in [-0.3, -0.25) is 0 Å². The molecule has 0 heterocycles. The Hall–Kier alpha value is 0.720. The summed E-state index contributed by atoms with van der Waals surface area (Å²) in [6.07, 6.45) is -0.184. The lowest BCUT2D eigenvalue weighted by molar-refractivity contribution is -0.0252. The molecule has 1 saturated carbocycles. The van der Waals surface area contributed by atoms with Gasteiger partial charge in [-0.25, -0.2) is 8.78 Å². The molecule has 7 heteroatoms. The van der Waals surface area contributed by atoms with Gasteiger partial charge in [0.1, 0.15) is 4.87 Å². The number of aliphatic hydroxyl groups is 1. The molecule has 2 bridgehead atoms. The molecule has 2 aliphatic carbocycles. The summed E-state index contributed by atoms with van der Waals surface area (Å²) in [5.41, 5.74) is 0. The van der Waals surface area contributed by atoms with Crippen LogP contribution < -0.4 is 0 Å². The van der Waals surface area contributed by atoms with Crippen molar-refractivity contribution in [3.63, 3.8) is 0 Å². The molecule has 86 valence electrons. The minimum atomic E-state index is -3.45. The Kier molecular flexibility index (Phi) is 2.55. The standard InChI is InChI=1S/C8H6Cl4F2O/c9-4-5(10)7(12)3(2-15)1-6(4,11)8(7,13)14/h3,15H,1-2H2. The maximum absolute atomic E-state index is 13.9. The lowest BCUT2D eigenvalue weighted by atomic mass is 9.93. The third-order valence-corrected chi connectivity index (χ3v) is 5.73. The Labute approximate surface area is 105 Å². The Balaban J connectivity index is 2.65. The smallest absolute Gasteiger partial charge is 0.295 e. The fraction of sp³-hybridized carbons (Fsp3) is 0.750. The van der Waals surface area contributed by atoms with E-state index in [0.29, 0.717) is 0 Å². The fourth-order valence-electron chi connectivity index (χ4n) is 2.22. The first-order valence-electron chi connectivity index (χ1n) is 4.16. The zero-order valence-electron chi connectivity index (χ0n) is 7.21. The van der Waals surface area contributed by atoms with Gasteiger partial charge in [-0.2, -0.15) is 0 Å². The number of aliphatic hydroxyl groups excluding tert-OH is 1. The van der Waals surface area contributed by atoms with E-state index in [1.165, 1.54) is 0 Å². The summed E-state index contributed by atoms with van der Waals surface area (Å²) in [7, 11) is 0. The fourth-order valence-corrected chi connectivity index (χ4v) is 3.98. The SMILES string of the molecule is OCC1CC2(Cl)C(Cl)=C(Cl)C1(Cl)C2(F)F. The van der Waals surface area contributed by atoms with E-state index in [1.54, 1.807) is 0 Å². The van der Waals surface area contributed by atoms with Gasteiger partial charge in [-0.15, -0.1) is 23.2 Å². The molecule has 1 N–H and O–H groups in total. The molecule has 0 spiro atoms. The summed E-state index contributed by atoms with van der Waals surface area (Å²) in [4.78, 5) is -4.23. The first kappa shape index (κ1) is 12.2. The molecular formula is C8H6Cl4F2O. The highest BCUT2D eigenvalue weighted by molar-refractivity contribution is 6.51. The number of hydrogen-bond donors (Lipinski definition) is 1. The van der Waals surface area contributed by atoms with Crippen LogP contribution in [0.2, 0.25) is 0 Å². The molecule has 0 amide bonds. The van der Waals surface area contributed by atoms with E-state index in [9.17, 15) is 8.78 Å². The Morgan fingerprint density at radius 3 is 2.13 bits per heavy atom. The van der Waals surface area contributed by atoms with Crippen LogP contribution in [0.4, 0.5) is 8.78 Å². The molecule has 3 unspecified atom stereocenters. The molecule has 0 aliphatic heterocycles. The largest absolute Gasteiger partial charge is 0.396 e. The summed E-state index contributed by atoms with van der Waals surface area (Å²) in [6.45, 7) is -0.506. The third kappa shape index (κ3) is 1.05.